The summed E-state index contributed by atoms with van der Waals surface area (Å²) in [5.41, 5.74) is 1.70. The van der Waals surface area contributed by atoms with Gasteiger partial charge < -0.3 is 9.88 Å². The van der Waals surface area contributed by atoms with Crippen LogP contribution < -0.4 is 5.32 Å². The van der Waals surface area contributed by atoms with E-state index in [-0.39, 0.29) is 11.4 Å². The largest absolute Gasteiger partial charge is 0.449 e. The summed E-state index contributed by atoms with van der Waals surface area (Å²) in [4.78, 5) is 16.0. The van der Waals surface area contributed by atoms with Gasteiger partial charge in [-0.05, 0) is 38.1 Å². The van der Waals surface area contributed by atoms with Crippen LogP contribution in [0.1, 0.15) is 24.5 Å². The van der Waals surface area contributed by atoms with Crippen LogP contribution in [-0.4, -0.2) is 25.2 Å². The summed E-state index contributed by atoms with van der Waals surface area (Å²) in [6.07, 6.45) is -2.94. The van der Waals surface area contributed by atoms with Gasteiger partial charge in [0, 0.05) is 24.6 Å². The van der Waals surface area contributed by atoms with E-state index >= 15 is 0 Å². The molecule has 0 aliphatic rings. The summed E-state index contributed by atoms with van der Waals surface area (Å²) in [7, 11) is 1.30. The number of carbonyl (C=O) groups excluding carboxylic acids is 1. The minimum Gasteiger partial charge on any atom is -0.324 e. The fourth-order valence-corrected chi connectivity index (χ4v) is 2.67. The molecule has 0 saturated heterocycles. The molecule has 0 spiro atoms. The summed E-state index contributed by atoms with van der Waals surface area (Å²) in [5.74, 6) is -1.30. The number of hydrogen-bond donors (Lipinski definition) is 1. The molecule has 1 amide bonds. The van der Waals surface area contributed by atoms with Crippen molar-refractivity contribution in [2.75, 3.05) is 5.32 Å². The molecular formula is C16H16F3N5O. The maximum atomic E-state index is 12.9. The molecule has 1 N–H and O–H groups in total. The van der Waals surface area contributed by atoms with Gasteiger partial charge in [-0.3, -0.25) is 9.48 Å². The average Bonchev–Trinajstić information content (AvgIpc) is 3.10. The monoisotopic (exact) mass is 351 g/mol. The van der Waals surface area contributed by atoms with Crippen LogP contribution in [0.25, 0.3) is 11.0 Å². The molecule has 25 heavy (non-hydrogen) atoms. The van der Waals surface area contributed by atoms with Gasteiger partial charge in [0.2, 0.25) is 11.7 Å². The molecule has 3 rings (SSSR count). The number of fused-ring (bicyclic) bond motifs is 1. The van der Waals surface area contributed by atoms with E-state index in [0.29, 0.717) is 11.2 Å². The maximum Gasteiger partial charge on any atom is 0.449 e. The first-order valence-corrected chi connectivity index (χ1v) is 7.53. The first-order valence-electron chi connectivity index (χ1n) is 7.53. The van der Waals surface area contributed by atoms with Crippen molar-refractivity contribution in [3.05, 3.63) is 42.0 Å². The molecule has 0 bridgehead atoms. The quantitative estimate of drug-likeness (QED) is 0.787. The minimum absolute atomic E-state index is 0.163. The fraction of sp³-hybridized carbons (Fsp3) is 0.312. The first kappa shape index (κ1) is 17.0. The maximum absolute atomic E-state index is 12.9. The Hall–Kier alpha value is -2.84. The zero-order valence-electron chi connectivity index (χ0n) is 13.8. The molecule has 1 aromatic carbocycles. The van der Waals surface area contributed by atoms with Gasteiger partial charge in [-0.25, -0.2) is 4.98 Å². The van der Waals surface area contributed by atoms with Gasteiger partial charge in [-0.15, -0.1) is 0 Å². The lowest BCUT2D eigenvalue weighted by Crippen LogP contribution is -2.25. The van der Waals surface area contributed by atoms with E-state index in [2.05, 4.69) is 15.4 Å². The van der Waals surface area contributed by atoms with Crippen molar-refractivity contribution in [1.82, 2.24) is 19.3 Å². The molecule has 2 heterocycles. The zero-order chi connectivity index (χ0) is 18.4. The van der Waals surface area contributed by atoms with Crippen LogP contribution in [-0.2, 0) is 18.0 Å². The highest BCUT2D eigenvalue weighted by Gasteiger charge is 2.36. The normalized spacial score (nSPS) is 13.2. The van der Waals surface area contributed by atoms with E-state index < -0.39 is 18.0 Å². The fourth-order valence-electron chi connectivity index (χ4n) is 2.67. The Morgan fingerprint density at radius 1 is 1.28 bits per heavy atom. The van der Waals surface area contributed by atoms with Crippen LogP contribution in [0, 0.1) is 6.92 Å². The van der Waals surface area contributed by atoms with Crippen LogP contribution in [0.4, 0.5) is 18.9 Å². The highest BCUT2D eigenvalue weighted by atomic mass is 19.4. The van der Waals surface area contributed by atoms with Gasteiger partial charge in [-0.1, -0.05) is 0 Å². The number of halogens is 3. The number of hydrogen-bond acceptors (Lipinski definition) is 3. The Labute approximate surface area is 141 Å². The molecule has 0 aliphatic carbocycles. The van der Waals surface area contributed by atoms with Crippen molar-refractivity contribution in [3.8, 4) is 0 Å². The highest BCUT2D eigenvalue weighted by molar-refractivity contribution is 5.95. The van der Waals surface area contributed by atoms with Crippen LogP contribution >= 0.6 is 0 Å². The molecule has 6 nitrogen and oxygen atoms in total. The second-order valence-electron chi connectivity index (χ2n) is 5.78. The molecule has 3 aromatic rings. The first-order chi connectivity index (χ1) is 11.7. The number of aryl methyl sites for hydroxylation is 2. The van der Waals surface area contributed by atoms with E-state index in [4.69, 9.17) is 0 Å². The highest BCUT2D eigenvalue weighted by Crippen LogP contribution is 2.31. The van der Waals surface area contributed by atoms with E-state index in [1.807, 2.05) is 6.92 Å². The SMILES string of the molecule is Cc1ccnn1[C@@H](C)C(=O)Nc1ccc2c(c1)nc(C(F)(F)F)n2C. The van der Waals surface area contributed by atoms with Crippen molar-refractivity contribution in [3.63, 3.8) is 0 Å². The van der Waals surface area contributed by atoms with E-state index in [1.165, 1.54) is 19.2 Å². The second kappa shape index (κ2) is 5.91. The summed E-state index contributed by atoms with van der Waals surface area (Å²) in [6, 6.07) is 5.69. The topological polar surface area (TPSA) is 64.7 Å². The average molecular weight is 351 g/mol. The molecule has 0 radical (unpaired) electrons. The third-order valence-electron chi connectivity index (χ3n) is 4.02. The van der Waals surface area contributed by atoms with Crippen molar-refractivity contribution < 1.29 is 18.0 Å². The van der Waals surface area contributed by atoms with Gasteiger partial charge in [0.05, 0.1) is 11.0 Å². The Morgan fingerprint density at radius 2 is 2.00 bits per heavy atom. The smallest absolute Gasteiger partial charge is 0.324 e. The van der Waals surface area contributed by atoms with Gasteiger partial charge >= 0.3 is 6.18 Å². The van der Waals surface area contributed by atoms with E-state index in [1.54, 1.807) is 29.9 Å². The molecule has 9 heteroatoms. The molecule has 2 aromatic heterocycles. The molecular weight excluding hydrogens is 335 g/mol. The number of benzene rings is 1. The summed E-state index contributed by atoms with van der Waals surface area (Å²) in [6.45, 7) is 3.52. The number of anilines is 1. The lowest BCUT2D eigenvalue weighted by atomic mass is 10.2. The van der Waals surface area contributed by atoms with Crippen molar-refractivity contribution in [1.29, 1.82) is 0 Å². The summed E-state index contributed by atoms with van der Waals surface area (Å²) >= 11 is 0. The van der Waals surface area contributed by atoms with Crippen LogP contribution in [0.5, 0.6) is 0 Å². The molecule has 0 unspecified atom stereocenters. The minimum atomic E-state index is -4.54. The molecule has 1 atom stereocenters. The van der Waals surface area contributed by atoms with Crippen molar-refractivity contribution in [2.45, 2.75) is 26.1 Å². The third-order valence-corrected chi connectivity index (χ3v) is 4.02. The lowest BCUT2D eigenvalue weighted by Gasteiger charge is -2.14. The molecule has 0 fully saturated rings. The molecule has 132 valence electrons. The second-order valence-corrected chi connectivity index (χ2v) is 5.78. The van der Waals surface area contributed by atoms with Crippen LogP contribution in [0.3, 0.4) is 0 Å². The Morgan fingerprint density at radius 3 is 2.60 bits per heavy atom. The summed E-state index contributed by atoms with van der Waals surface area (Å²) in [5, 5.41) is 6.77. The van der Waals surface area contributed by atoms with Crippen LogP contribution in [0.15, 0.2) is 30.5 Å². The number of rotatable bonds is 3. The van der Waals surface area contributed by atoms with Crippen molar-refractivity contribution in [2.24, 2.45) is 7.05 Å². The van der Waals surface area contributed by atoms with Gasteiger partial charge in [0.1, 0.15) is 6.04 Å². The Balaban J connectivity index is 1.87. The van der Waals surface area contributed by atoms with Gasteiger partial charge in [-0.2, -0.15) is 18.3 Å². The zero-order valence-corrected chi connectivity index (χ0v) is 13.8. The van der Waals surface area contributed by atoms with E-state index in [9.17, 15) is 18.0 Å². The number of alkyl halides is 3. The number of nitrogens with one attached hydrogen (secondary N) is 1. The van der Waals surface area contributed by atoms with Gasteiger partial charge in [0.15, 0.2) is 0 Å². The Kier molecular flexibility index (Phi) is 4.02. The molecule has 0 saturated carbocycles. The standard InChI is InChI=1S/C16H16F3N5O/c1-9-6-7-20-24(9)10(2)14(25)21-11-4-5-13-12(8-11)22-15(23(13)3)16(17,18)19/h4-8,10H,1-3H3,(H,21,25)/t10-/m0/s1. The third kappa shape index (κ3) is 3.09. The Bertz CT molecular complexity index is 941. The number of aromatic nitrogens is 4. The summed E-state index contributed by atoms with van der Waals surface area (Å²) < 4.78 is 41.4. The number of imidazole rings is 1. The number of amides is 1. The number of carbonyl (C=O) groups is 1. The predicted molar refractivity (Wildman–Crippen MR) is 86.0 cm³/mol. The van der Waals surface area contributed by atoms with Crippen molar-refractivity contribution >= 4 is 22.6 Å². The lowest BCUT2D eigenvalue weighted by molar-refractivity contribution is -0.146. The predicted octanol–water partition coefficient (Wildman–Crippen LogP) is 3.30. The van der Waals surface area contributed by atoms with Crippen LogP contribution in [0.2, 0.25) is 0 Å². The van der Waals surface area contributed by atoms with E-state index in [0.717, 1.165) is 10.3 Å². The number of nitrogens with zero attached hydrogens (tertiary/aromatic N) is 4. The molecule has 0 aliphatic heterocycles. The van der Waals surface area contributed by atoms with Gasteiger partial charge in [0.25, 0.3) is 0 Å².